The Morgan fingerprint density at radius 3 is 2.67 bits per heavy atom. The van der Waals surface area contributed by atoms with Crippen LogP contribution in [0.2, 0.25) is 0 Å². The van der Waals surface area contributed by atoms with E-state index in [1.165, 1.54) is 20.1 Å². The van der Waals surface area contributed by atoms with Gasteiger partial charge in [0.25, 0.3) is 6.43 Å². The Hall–Kier alpha value is -0.790. The van der Waals surface area contributed by atoms with Crippen molar-refractivity contribution in [2.45, 2.75) is 13.3 Å². The molecule has 6 heteroatoms. The van der Waals surface area contributed by atoms with Crippen LogP contribution in [-0.2, 0) is 4.74 Å². The van der Waals surface area contributed by atoms with Gasteiger partial charge in [-0.3, -0.25) is 0 Å². The molecule has 3 nitrogen and oxygen atoms in total. The summed E-state index contributed by atoms with van der Waals surface area (Å²) in [5.41, 5.74) is 0.192. The topological polar surface area (TPSA) is 39.2 Å². The van der Waals surface area contributed by atoms with Crippen LogP contribution in [0.25, 0.3) is 0 Å². The van der Waals surface area contributed by atoms with Gasteiger partial charge in [0.15, 0.2) is 0 Å². The maximum absolute atomic E-state index is 12.4. The molecule has 0 amide bonds. The molecule has 1 aromatic heterocycles. The van der Waals surface area contributed by atoms with Crippen molar-refractivity contribution >= 4 is 28.6 Å². The van der Waals surface area contributed by atoms with Crippen LogP contribution < -0.4 is 0 Å². The molecule has 0 aliphatic rings. The summed E-state index contributed by atoms with van der Waals surface area (Å²) >= 11 is 1.73. The Labute approximate surface area is 99.0 Å². The molecule has 82 valence electrons. The molecule has 0 N–H and O–H groups in total. The summed E-state index contributed by atoms with van der Waals surface area (Å²) in [7, 11) is 1.23. The molecule has 0 radical (unpaired) electrons. The SMILES string of the molecule is COC(=O)c1cc(C)c(C(F)F)nc1I. The highest BCUT2D eigenvalue weighted by Crippen LogP contribution is 2.23. The summed E-state index contributed by atoms with van der Waals surface area (Å²) in [5.74, 6) is -0.573. The van der Waals surface area contributed by atoms with Crippen molar-refractivity contribution in [2.75, 3.05) is 7.11 Å². The summed E-state index contributed by atoms with van der Waals surface area (Å²) in [6.07, 6.45) is -2.63. The lowest BCUT2D eigenvalue weighted by Gasteiger charge is -2.07. The van der Waals surface area contributed by atoms with Crippen LogP contribution in [0.3, 0.4) is 0 Å². The molecule has 0 unspecified atom stereocenters. The maximum atomic E-state index is 12.4. The van der Waals surface area contributed by atoms with Crippen LogP contribution in [-0.4, -0.2) is 18.1 Å². The van der Waals surface area contributed by atoms with Crippen LogP contribution in [0, 0.1) is 10.6 Å². The van der Waals surface area contributed by atoms with Crippen LogP contribution in [0.5, 0.6) is 0 Å². The number of pyridine rings is 1. The van der Waals surface area contributed by atoms with Gasteiger partial charge in [-0.05, 0) is 41.1 Å². The highest BCUT2D eigenvalue weighted by Gasteiger charge is 2.18. The molecule has 0 aliphatic heterocycles. The fourth-order valence-electron chi connectivity index (χ4n) is 1.08. The van der Waals surface area contributed by atoms with E-state index in [4.69, 9.17) is 0 Å². The molecule has 1 aromatic rings. The van der Waals surface area contributed by atoms with Gasteiger partial charge in [-0.15, -0.1) is 0 Å². The zero-order valence-corrected chi connectivity index (χ0v) is 10.2. The number of aryl methyl sites for hydroxylation is 1. The standard InChI is InChI=1S/C9H8F2INO2/c1-4-3-5(9(14)15-2)8(12)13-6(4)7(10)11/h3,7H,1-2H3. The number of alkyl halides is 2. The highest BCUT2D eigenvalue weighted by atomic mass is 127. The minimum atomic E-state index is -2.63. The number of hydrogen-bond donors (Lipinski definition) is 0. The van der Waals surface area contributed by atoms with E-state index in [0.29, 0.717) is 0 Å². The van der Waals surface area contributed by atoms with Gasteiger partial charge in [0, 0.05) is 0 Å². The molecule has 0 saturated carbocycles. The fraction of sp³-hybridized carbons (Fsp3) is 0.333. The first kappa shape index (κ1) is 12.3. The molecule has 0 saturated heterocycles. The Morgan fingerprint density at radius 1 is 1.60 bits per heavy atom. The third-order valence-corrected chi connectivity index (χ3v) is 2.64. The van der Waals surface area contributed by atoms with Gasteiger partial charge in [0.05, 0.1) is 12.7 Å². The fourth-order valence-corrected chi connectivity index (χ4v) is 1.71. The number of rotatable bonds is 2. The van der Waals surface area contributed by atoms with E-state index < -0.39 is 12.4 Å². The largest absolute Gasteiger partial charge is 0.465 e. The summed E-state index contributed by atoms with van der Waals surface area (Å²) in [4.78, 5) is 14.9. The van der Waals surface area contributed by atoms with Crippen LogP contribution in [0.4, 0.5) is 8.78 Å². The number of carbonyl (C=O) groups excluding carboxylic acids is 1. The third-order valence-electron chi connectivity index (χ3n) is 1.82. The first-order valence-electron chi connectivity index (χ1n) is 4.01. The van der Waals surface area contributed by atoms with Gasteiger partial charge in [0.2, 0.25) is 0 Å². The van der Waals surface area contributed by atoms with Crippen molar-refractivity contribution in [3.05, 3.63) is 26.6 Å². The lowest BCUT2D eigenvalue weighted by Crippen LogP contribution is -2.08. The molecule has 0 spiro atoms. The quantitative estimate of drug-likeness (QED) is 0.476. The van der Waals surface area contributed by atoms with Gasteiger partial charge in [-0.1, -0.05) is 0 Å². The molecule has 0 aliphatic carbocycles. The molecule has 0 bridgehead atoms. The second-order valence-electron chi connectivity index (χ2n) is 2.82. The minimum Gasteiger partial charge on any atom is -0.465 e. The highest BCUT2D eigenvalue weighted by molar-refractivity contribution is 14.1. The van der Waals surface area contributed by atoms with E-state index in [2.05, 4.69) is 9.72 Å². The van der Waals surface area contributed by atoms with Crippen molar-refractivity contribution in [1.29, 1.82) is 0 Å². The van der Waals surface area contributed by atoms with Crippen molar-refractivity contribution in [2.24, 2.45) is 0 Å². The number of esters is 1. The number of hydrogen-bond acceptors (Lipinski definition) is 3. The molecule has 0 atom stereocenters. The monoisotopic (exact) mass is 327 g/mol. The summed E-state index contributed by atoms with van der Waals surface area (Å²) in [6.45, 7) is 1.48. The lowest BCUT2D eigenvalue weighted by molar-refractivity contribution is 0.0598. The molecule has 0 aromatic carbocycles. The van der Waals surface area contributed by atoms with E-state index in [1.807, 2.05) is 0 Å². The van der Waals surface area contributed by atoms with E-state index in [0.717, 1.165) is 0 Å². The van der Waals surface area contributed by atoms with Crippen molar-refractivity contribution in [3.63, 3.8) is 0 Å². The summed E-state index contributed by atoms with van der Waals surface area (Å²) in [6, 6.07) is 1.36. The van der Waals surface area contributed by atoms with Gasteiger partial charge in [0.1, 0.15) is 9.39 Å². The normalized spacial score (nSPS) is 10.5. The van der Waals surface area contributed by atoms with E-state index in [-0.39, 0.29) is 20.5 Å². The molecular weight excluding hydrogens is 319 g/mol. The first-order chi connectivity index (χ1) is 6.97. The Kier molecular flexibility index (Phi) is 3.95. The Balaban J connectivity index is 3.25. The second-order valence-corrected chi connectivity index (χ2v) is 3.84. The number of halogens is 3. The van der Waals surface area contributed by atoms with Gasteiger partial charge < -0.3 is 4.74 Å². The summed E-state index contributed by atoms with van der Waals surface area (Å²) < 4.78 is 29.6. The zero-order chi connectivity index (χ0) is 11.6. The Morgan fingerprint density at radius 2 is 2.20 bits per heavy atom. The number of methoxy groups -OCH3 is 1. The third kappa shape index (κ3) is 2.61. The van der Waals surface area contributed by atoms with Crippen molar-refractivity contribution in [3.8, 4) is 0 Å². The zero-order valence-electron chi connectivity index (χ0n) is 8.05. The number of carbonyl (C=O) groups is 1. The predicted octanol–water partition coefficient (Wildman–Crippen LogP) is 2.72. The number of ether oxygens (including phenoxy) is 1. The smallest absolute Gasteiger partial charge is 0.340 e. The molecule has 1 rings (SSSR count). The first-order valence-corrected chi connectivity index (χ1v) is 5.08. The maximum Gasteiger partial charge on any atom is 0.340 e. The predicted molar refractivity (Wildman–Crippen MR) is 58.0 cm³/mol. The van der Waals surface area contributed by atoms with Crippen LogP contribution in [0.15, 0.2) is 6.07 Å². The van der Waals surface area contributed by atoms with Crippen LogP contribution in [0.1, 0.15) is 28.0 Å². The molecule has 0 fully saturated rings. The Bertz CT molecular complexity index is 396. The molecule has 1 heterocycles. The average Bonchev–Trinajstić information content (AvgIpc) is 2.19. The molecule has 15 heavy (non-hydrogen) atoms. The van der Waals surface area contributed by atoms with E-state index in [9.17, 15) is 13.6 Å². The van der Waals surface area contributed by atoms with Crippen molar-refractivity contribution in [1.82, 2.24) is 4.98 Å². The van der Waals surface area contributed by atoms with Crippen molar-refractivity contribution < 1.29 is 18.3 Å². The molecular formula is C9H8F2INO2. The van der Waals surface area contributed by atoms with E-state index >= 15 is 0 Å². The summed E-state index contributed by atoms with van der Waals surface area (Å²) in [5, 5.41) is 0. The van der Waals surface area contributed by atoms with Gasteiger partial charge in [-0.25, -0.2) is 18.6 Å². The lowest BCUT2D eigenvalue weighted by atomic mass is 10.1. The number of aromatic nitrogens is 1. The van der Waals surface area contributed by atoms with Gasteiger partial charge in [-0.2, -0.15) is 0 Å². The average molecular weight is 327 g/mol. The van der Waals surface area contributed by atoms with Gasteiger partial charge >= 0.3 is 5.97 Å². The minimum absolute atomic E-state index is 0.208. The van der Waals surface area contributed by atoms with Crippen LogP contribution >= 0.6 is 22.6 Å². The number of nitrogens with zero attached hydrogens (tertiary/aromatic N) is 1. The second kappa shape index (κ2) is 4.82. The van der Waals surface area contributed by atoms with E-state index in [1.54, 1.807) is 22.6 Å².